The van der Waals surface area contributed by atoms with Crippen LogP contribution in [-0.2, 0) is 10.1 Å². The first-order valence-corrected chi connectivity index (χ1v) is 23.5. The second-order valence-corrected chi connectivity index (χ2v) is 20.5. The zero-order valence-electron chi connectivity index (χ0n) is 33.6. The summed E-state index contributed by atoms with van der Waals surface area (Å²) in [4.78, 5) is 0. The second kappa shape index (κ2) is 15.6. The smallest absolute Gasteiger partial charge is 1.00 e. The monoisotopic (exact) mass is 782 g/mol. The minimum Gasteiger partial charge on any atom is -1.00 e. The van der Waals surface area contributed by atoms with Gasteiger partial charge in [-0.05, 0) is 104 Å². The van der Waals surface area contributed by atoms with E-state index < -0.39 is 15.4 Å². The average molecular weight is 783 g/mol. The minimum absolute atomic E-state index is 0. The van der Waals surface area contributed by atoms with Crippen LogP contribution < -0.4 is 76.3 Å². The third-order valence-electron chi connectivity index (χ3n) is 16.2. The Bertz CT molecular complexity index is 1810. The molecule has 11 nitrogen and oxygen atoms in total. The zero-order chi connectivity index (χ0) is 36.0. The number of nitrogens with one attached hydrogen (secondary N) is 8. The first-order chi connectivity index (χ1) is 26.5. The summed E-state index contributed by atoms with van der Waals surface area (Å²) < 4.78 is 35.5. The fraction of sp³-hybridized carbons (Fsp3) is 0.762. The van der Waals surface area contributed by atoms with Crippen LogP contribution >= 0.6 is 0 Å². The van der Waals surface area contributed by atoms with Crippen LogP contribution in [0.25, 0.3) is 10.8 Å². The molecule has 8 N–H and O–H groups in total. The van der Waals surface area contributed by atoms with Gasteiger partial charge in [-0.3, -0.25) is 42.5 Å². The van der Waals surface area contributed by atoms with Gasteiger partial charge < -0.3 is 5.61 Å². The molecule has 55 heavy (non-hydrogen) atoms. The third-order valence-corrected chi connectivity index (χ3v) is 17.9. The molecule has 5 aliphatic heterocycles. The van der Waals surface area contributed by atoms with Crippen LogP contribution in [0.2, 0.25) is 0 Å². The van der Waals surface area contributed by atoms with Gasteiger partial charge in [0.2, 0.25) is 0 Å². The molecule has 5 saturated heterocycles. The number of rotatable bonds is 3. The van der Waals surface area contributed by atoms with Crippen LogP contribution in [0, 0.1) is 47.3 Å². The molecule has 17 unspecified atom stereocenters. The first kappa shape index (κ1) is 38.3. The Labute approximate surface area is 351 Å². The summed E-state index contributed by atoms with van der Waals surface area (Å²) in [5.41, 5.74) is 0. The van der Waals surface area contributed by atoms with Gasteiger partial charge in [0.25, 0.3) is 0 Å². The molecule has 4 aliphatic carbocycles. The van der Waals surface area contributed by atoms with E-state index in [9.17, 15) is 8.42 Å². The summed E-state index contributed by atoms with van der Waals surface area (Å²) >= 11 is 0. The molecule has 8 bridgehead atoms. The average Bonchev–Trinajstić information content (AvgIpc) is 3.94. The Morgan fingerprint density at radius 2 is 0.836 bits per heavy atom. The number of fused-ring (bicyclic) bond motifs is 21. The predicted octanol–water partition coefficient (Wildman–Crippen LogP) is 1.26. The minimum atomic E-state index is -3.96. The van der Waals surface area contributed by atoms with Crippen LogP contribution in [0.15, 0.2) is 42.5 Å². The standard InChI is InChI=1S/C42H62N8O3S.Na.H/c51-54(52,53-32-21-9-12-23-11-1-2-13-24(23)32)33-22-10-20-31-34(33)42-49-40-30-19-8-7-18-29(30)38(47-40)45-36-26-15-4-3-14-25(26)35(43-36)44-37-27-16-5-6-17-28(27)39(46-37)48-41(31)50-42;;/h1-2,9,11-13,21,25-31,33-50H,3-8,10,14-20,22H2;;/q;+1;-1. The van der Waals surface area contributed by atoms with E-state index in [0.29, 0.717) is 53.8 Å². The van der Waals surface area contributed by atoms with Crippen LogP contribution in [-0.4, -0.2) is 63.0 Å². The van der Waals surface area contributed by atoms with E-state index in [4.69, 9.17) is 4.18 Å². The van der Waals surface area contributed by atoms with Crippen molar-refractivity contribution in [2.75, 3.05) is 0 Å². The van der Waals surface area contributed by atoms with Gasteiger partial charge in [-0.1, -0.05) is 81.3 Å². The molecule has 5 heterocycles. The maximum absolute atomic E-state index is 14.7. The number of hydrogen-bond acceptors (Lipinski definition) is 11. The summed E-state index contributed by atoms with van der Waals surface area (Å²) in [7, 11) is -3.96. The maximum atomic E-state index is 14.7. The van der Waals surface area contributed by atoms with Gasteiger partial charge in [0.15, 0.2) is 0 Å². The molecule has 17 atom stereocenters. The van der Waals surface area contributed by atoms with Gasteiger partial charge in [0.1, 0.15) is 11.0 Å². The number of hydrogen-bond donors (Lipinski definition) is 8. The van der Waals surface area contributed by atoms with Crippen molar-refractivity contribution in [3.8, 4) is 5.75 Å². The molecule has 0 radical (unpaired) electrons. The van der Waals surface area contributed by atoms with Crippen molar-refractivity contribution in [2.24, 2.45) is 47.3 Å². The normalized spacial score (nSPS) is 46.5. The van der Waals surface area contributed by atoms with Crippen LogP contribution in [0.4, 0.5) is 0 Å². The Morgan fingerprint density at radius 1 is 0.455 bits per heavy atom. The predicted molar refractivity (Wildman–Crippen MR) is 211 cm³/mol. The molecule has 296 valence electrons. The Hall–Kier alpha value is -0.870. The van der Waals surface area contributed by atoms with Crippen LogP contribution in [0.3, 0.4) is 0 Å². The van der Waals surface area contributed by atoms with Gasteiger partial charge in [0, 0.05) is 11.3 Å². The van der Waals surface area contributed by atoms with Gasteiger partial charge in [-0.15, -0.1) is 0 Å². The second-order valence-electron chi connectivity index (χ2n) is 18.8. The van der Waals surface area contributed by atoms with Crippen molar-refractivity contribution in [2.45, 2.75) is 151 Å². The van der Waals surface area contributed by atoms with Crippen molar-refractivity contribution in [3.05, 3.63) is 42.5 Å². The van der Waals surface area contributed by atoms with Crippen LogP contribution in [0.1, 0.15) is 97.7 Å². The molecule has 9 fully saturated rings. The molecule has 4 saturated carbocycles. The largest absolute Gasteiger partial charge is 1.00 e. The molecule has 9 aliphatic rings. The fourth-order valence-corrected chi connectivity index (χ4v) is 15.5. The summed E-state index contributed by atoms with van der Waals surface area (Å²) in [6.07, 6.45) is 19.0. The summed E-state index contributed by atoms with van der Waals surface area (Å²) in [6, 6.07) is 13.6. The van der Waals surface area contributed by atoms with Gasteiger partial charge in [-0.25, -0.2) is 0 Å². The molecule has 13 heteroatoms. The van der Waals surface area contributed by atoms with E-state index in [2.05, 4.69) is 42.5 Å². The van der Waals surface area contributed by atoms with Gasteiger partial charge in [0.05, 0.1) is 49.3 Å². The molecule has 0 amide bonds. The van der Waals surface area contributed by atoms with Crippen molar-refractivity contribution in [3.63, 3.8) is 0 Å². The van der Waals surface area contributed by atoms with Gasteiger partial charge in [-0.2, -0.15) is 8.42 Å². The molecule has 0 spiro atoms. The molecule has 0 aromatic heterocycles. The fourth-order valence-electron chi connectivity index (χ4n) is 13.8. The summed E-state index contributed by atoms with van der Waals surface area (Å²) in [5.74, 6) is 3.95. The zero-order valence-corrected chi connectivity index (χ0v) is 35.4. The molecule has 2 aromatic carbocycles. The van der Waals surface area contributed by atoms with E-state index in [1.165, 1.54) is 77.0 Å². The summed E-state index contributed by atoms with van der Waals surface area (Å²) in [5, 5.41) is 34.4. The van der Waals surface area contributed by atoms with E-state index >= 15 is 0 Å². The summed E-state index contributed by atoms with van der Waals surface area (Å²) in [6.45, 7) is 0. The van der Waals surface area contributed by atoms with E-state index in [1.54, 1.807) is 0 Å². The molecule has 11 rings (SSSR count). The van der Waals surface area contributed by atoms with E-state index in [1.807, 2.05) is 42.5 Å². The SMILES string of the molecule is O=S(=O)(Oc1cccc2ccccc12)C1CCCC2C3NC4NC(NC5NC(NC6NC(NC(N3)C21)C1CCCCC61)C1CCCCC51)C1CCCCC41.[H-].[Na+]. The van der Waals surface area contributed by atoms with Crippen molar-refractivity contribution < 1.29 is 43.6 Å². The Kier molecular flexibility index (Phi) is 10.9. The Balaban J connectivity index is 0.00000205. The van der Waals surface area contributed by atoms with Gasteiger partial charge >= 0.3 is 39.7 Å². The molecular formula is C42H63N8NaO3S. The van der Waals surface area contributed by atoms with Crippen molar-refractivity contribution in [1.29, 1.82) is 0 Å². The maximum Gasteiger partial charge on any atom is 1.00 e. The van der Waals surface area contributed by atoms with E-state index in [0.717, 1.165) is 23.6 Å². The van der Waals surface area contributed by atoms with Crippen molar-refractivity contribution >= 4 is 20.9 Å². The first-order valence-electron chi connectivity index (χ1n) is 22.0. The topological polar surface area (TPSA) is 140 Å². The quantitative estimate of drug-likeness (QED) is 0.169. The van der Waals surface area contributed by atoms with E-state index in [-0.39, 0.29) is 86.0 Å². The number of benzene rings is 2. The third kappa shape index (κ3) is 6.88. The van der Waals surface area contributed by atoms with Crippen molar-refractivity contribution in [1.82, 2.24) is 42.5 Å². The van der Waals surface area contributed by atoms with Crippen LogP contribution in [0.5, 0.6) is 5.75 Å². The molecule has 2 aromatic rings. The molecular weight excluding hydrogens is 720 g/mol. The Morgan fingerprint density at radius 3 is 1.31 bits per heavy atom.